The van der Waals surface area contributed by atoms with Crippen molar-refractivity contribution in [3.8, 4) is 0 Å². The maximum absolute atomic E-state index is 12.8. The zero-order valence-electron chi connectivity index (χ0n) is 12.6. The van der Waals surface area contributed by atoms with Crippen molar-refractivity contribution in [2.45, 2.75) is 32.0 Å². The molecule has 0 amide bonds. The molecule has 1 atom stereocenters. The van der Waals surface area contributed by atoms with E-state index in [1.807, 2.05) is 0 Å². The van der Waals surface area contributed by atoms with E-state index in [0.717, 1.165) is 12.1 Å². The van der Waals surface area contributed by atoms with Gasteiger partial charge in [-0.15, -0.1) is 0 Å². The van der Waals surface area contributed by atoms with E-state index >= 15 is 0 Å². The number of rotatable bonds is 5. The van der Waals surface area contributed by atoms with Gasteiger partial charge in [-0.2, -0.15) is 13.2 Å². The molecule has 0 saturated carbocycles. The van der Waals surface area contributed by atoms with E-state index in [0.29, 0.717) is 5.56 Å². The number of alkyl halides is 3. The molecule has 0 aliphatic heterocycles. The fourth-order valence-corrected chi connectivity index (χ4v) is 2.04. The molecular formula is C15H20F3NO2. The van der Waals surface area contributed by atoms with Gasteiger partial charge in [0.2, 0.25) is 0 Å². The van der Waals surface area contributed by atoms with Gasteiger partial charge >= 0.3 is 12.1 Å². The van der Waals surface area contributed by atoms with Crippen LogP contribution in [0.2, 0.25) is 0 Å². The minimum atomic E-state index is -4.41. The maximum atomic E-state index is 12.8. The lowest BCUT2D eigenvalue weighted by molar-refractivity contribution is -0.146. The average molecular weight is 303 g/mol. The third kappa shape index (κ3) is 4.20. The molecular weight excluding hydrogens is 283 g/mol. The second-order valence-electron chi connectivity index (χ2n) is 5.23. The first-order valence-electron chi connectivity index (χ1n) is 6.62. The predicted octanol–water partition coefficient (Wildman–Crippen LogP) is 3.44. The highest BCUT2D eigenvalue weighted by Crippen LogP contribution is 2.35. The highest BCUT2D eigenvalue weighted by atomic mass is 19.4. The third-order valence-corrected chi connectivity index (χ3v) is 3.59. The molecule has 0 aliphatic rings. The third-order valence-electron chi connectivity index (χ3n) is 3.59. The van der Waals surface area contributed by atoms with Crippen molar-refractivity contribution in [1.29, 1.82) is 0 Å². The molecule has 6 heteroatoms. The Morgan fingerprint density at radius 1 is 1.24 bits per heavy atom. The Bertz CT molecular complexity index is 500. The van der Waals surface area contributed by atoms with Gasteiger partial charge in [0.05, 0.1) is 24.1 Å². The lowest BCUT2D eigenvalue weighted by Gasteiger charge is -2.36. The summed E-state index contributed by atoms with van der Waals surface area (Å²) >= 11 is 0. The first kappa shape index (κ1) is 17.5. The molecule has 0 aliphatic carbocycles. The van der Waals surface area contributed by atoms with Gasteiger partial charge in [0.1, 0.15) is 0 Å². The quantitative estimate of drug-likeness (QED) is 0.780. The maximum Gasteiger partial charge on any atom is 0.416 e. The van der Waals surface area contributed by atoms with E-state index < -0.39 is 23.2 Å². The van der Waals surface area contributed by atoms with E-state index in [-0.39, 0.29) is 13.0 Å². The Labute approximate surface area is 122 Å². The van der Waals surface area contributed by atoms with Crippen molar-refractivity contribution < 1.29 is 22.7 Å². The van der Waals surface area contributed by atoms with Crippen molar-refractivity contribution in [2.24, 2.45) is 0 Å². The summed E-state index contributed by atoms with van der Waals surface area (Å²) in [6.45, 7) is 3.65. The summed E-state index contributed by atoms with van der Waals surface area (Å²) in [6.07, 6.45) is -4.43. The monoisotopic (exact) mass is 303 g/mol. The molecule has 0 N–H and O–H groups in total. The standard InChI is InChI=1S/C15H20F3NO2/c1-5-21-13(20)10-14(2,19(3)4)11-7-6-8-12(9-11)15(16,17)18/h6-9H,5,10H2,1-4H3. The second-order valence-corrected chi connectivity index (χ2v) is 5.23. The highest BCUT2D eigenvalue weighted by Gasteiger charge is 2.36. The fourth-order valence-electron chi connectivity index (χ4n) is 2.04. The minimum absolute atomic E-state index is 0.0187. The van der Waals surface area contributed by atoms with Gasteiger partial charge in [-0.25, -0.2) is 0 Å². The SMILES string of the molecule is CCOC(=O)CC(C)(c1cccc(C(F)(F)F)c1)N(C)C. The van der Waals surface area contributed by atoms with Crippen LogP contribution in [0, 0.1) is 0 Å². The molecule has 21 heavy (non-hydrogen) atoms. The number of nitrogens with zero attached hydrogens (tertiary/aromatic N) is 1. The Kier molecular flexibility index (Phi) is 5.39. The molecule has 118 valence electrons. The molecule has 0 fully saturated rings. The van der Waals surface area contributed by atoms with Crippen molar-refractivity contribution in [3.05, 3.63) is 35.4 Å². The van der Waals surface area contributed by atoms with E-state index in [1.54, 1.807) is 38.9 Å². The number of esters is 1. The molecule has 1 aromatic carbocycles. The first-order valence-corrected chi connectivity index (χ1v) is 6.62. The summed E-state index contributed by atoms with van der Waals surface area (Å²) in [7, 11) is 3.44. The molecule has 1 rings (SSSR count). The highest BCUT2D eigenvalue weighted by molar-refractivity contribution is 5.71. The number of halogens is 3. The van der Waals surface area contributed by atoms with Gasteiger partial charge in [-0.1, -0.05) is 12.1 Å². The van der Waals surface area contributed by atoms with Crippen LogP contribution in [-0.4, -0.2) is 31.6 Å². The summed E-state index contributed by atoms with van der Waals surface area (Å²) in [6, 6.07) is 5.04. The smallest absolute Gasteiger partial charge is 0.416 e. The number of hydrogen-bond acceptors (Lipinski definition) is 3. The number of hydrogen-bond donors (Lipinski definition) is 0. The summed E-state index contributed by atoms with van der Waals surface area (Å²) in [5, 5.41) is 0. The van der Waals surface area contributed by atoms with E-state index in [1.165, 1.54) is 6.07 Å². The van der Waals surface area contributed by atoms with Crippen molar-refractivity contribution in [1.82, 2.24) is 4.90 Å². The first-order chi connectivity index (χ1) is 9.61. The van der Waals surface area contributed by atoms with Crippen molar-refractivity contribution in [2.75, 3.05) is 20.7 Å². The van der Waals surface area contributed by atoms with E-state index in [4.69, 9.17) is 4.74 Å². The Hall–Kier alpha value is -1.56. The van der Waals surface area contributed by atoms with Crippen molar-refractivity contribution >= 4 is 5.97 Å². The van der Waals surface area contributed by atoms with Crippen LogP contribution in [-0.2, 0) is 21.2 Å². The van der Waals surface area contributed by atoms with Crippen LogP contribution >= 0.6 is 0 Å². The number of carbonyl (C=O) groups is 1. The van der Waals surface area contributed by atoms with Crippen LogP contribution in [0.1, 0.15) is 31.4 Å². The van der Waals surface area contributed by atoms with Gasteiger partial charge < -0.3 is 4.74 Å². The molecule has 1 aromatic rings. The predicted molar refractivity (Wildman–Crippen MR) is 73.7 cm³/mol. The average Bonchev–Trinajstić information content (AvgIpc) is 2.37. The second kappa shape index (κ2) is 6.47. The largest absolute Gasteiger partial charge is 0.466 e. The van der Waals surface area contributed by atoms with Gasteiger partial charge in [0.15, 0.2) is 0 Å². The summed E-state index contributed by atoms with van der Waals surface area (Å²) < 4.78 is 43.4. The Morgan fingerprint density at radius 3 is 2.29 bits per heavy atom. The van der Waals surface area contributed by atoms with Crippen LogP contribution in [0.5, 0.6) is 0 Å². The van der Waals surface area contributed by atoms with Crippen LogP contribution < -0.4 is 0 Å². The molecule has 0 aromatic heterocycles. The van der Waals surface area contributed by atoms with Crippen LogP contribution in [0.15, 0.2) is 24.3 Å². The molecule has 0 bridgehead atoms. The lowest BCUT2D eigenvalue weighted by atomic mass is 9.86. The molecule has 0 spiro atoms. The zero-order chi connectivity index (χ0) is 16.3. The zero-order valence-corrected chi connectivity index (χ0v) is 12.6. The molecule has 0 heterocycles. The Morgan fingerprint density at radius 2 is 1.81 bits per heavy atom. The van der Waals surface area contributed by atoms with E-state index in [2.05, 4.69) is 0 Å². The number of carbonyl (C=O) groups excluding carboxylic acids is 1. The van der Waals surface area contributed by atoms with Crippen LogP contribution in [0.4, 0.5) is 13.2 Å². The van der Waals surface area contributed by atoms with Crippen LogP contribution in [0.3, 0.4) is 0 Å². The molecule has 3 nitrogen and oxygen atoms in total. The summed E-state index contributed by atoms with van der Waals surface area (Å²) in [5.41, 5.74) is -1.17. The van der Waals surface area contributed by atoms with Gasteiger partial charge in [0.25, 0.3) is 0 Å². The van der Waals surface area contributed by atoms with Gasteiger partial charge in [-0.05, 0) is 45.6 Å². The summed E-state index contributed by atoms with van der Waals surface area (Å²) in [5.74, 6) is -0.439. The molecule has 0 radical (unpaired) electrons. The number of benzene rings is 1. The van der Waals surface area contributed by atoms with Crippen molar-refractivity contribution in [3.63, 3.8) is 0 Å². The summed E-state index contributed by atoms with van der Waals surface area (Å²) in [4.78, 5) is 13.5. The molecule has 0 saturated heterocycles. The van der Waals surface area contributed by atoms with E-state index in [9.17, 15) is 18.0 Å². The fraction of sp³-hybridized carbons (Fsp3) is 0.533. The Balaban J connectivity index is 3.19. The number of ether oxygens (including phenoxy) is 1. The lowest BCUT2D eigenvalue weighted by Crippen LogP contribution is -2.41. The normalized spacial score (nSPS) is 14.9. The van der Waals surface area contributed by atoms with Gasteiger partial charge in [-0.3, -0.25) is 9.69 Å². The topological polar surface area (TPSA) is 29.5 Å². The van der Waals surface area contributed by atoms with Gasteiger partial charge in [0, 0.05) is 0 Å². The molecule has 1 unspecified atom stereocenters. The minimum Gasteiger partial charge on any atom is -0.466 e. The van der Waals surface area contributed by atoms with Crippen LogP contribution in [0.25, 0.3) is 0 Å².